The minimum Gasteiger partial charge on any atom is -0.479 e. The third kappa shape index (κ3) is 3.03. The van der Waals surface area contributed by atoms with Crippen LogP contribution in [0, 0.1) is 11.3 Å². The Morgan fingerprint density at radius 2 is 2.25 bits per heavy atom. The SMILES string of the molecule is N#Cc1cccc(NC(=O)NC2(C(=O)O)CCSC2)c1. The minimum absolute atomic E-state index is 0.355. The Hall–Kier alpha value is -2.20. The number of urea groups is 1. The van der Waals surface area contributed by atoms with E-state index in [1.807, 2.05) is 6.07 Å². The van der Waals surface area contributed by atoms with Crippen molar-refractivity contribution in [3.63, 3.8) is 0 Å². The van der Waals surface area contributed by atoms with Crippen LogP contribution in [0.3, 0.4) is 0 Å². The molecule has 1 unspecified atom stereocenters. The number of carbonyl (C=O) groups excluding carboxylic acids is 1. The highest BCUT2D eigenvalue weighted by molar-refractivity contribution is 7.99. The van der Waals surface area contributed by atoms with Crippen molar-refractivity contribution in [1.29, 1.82) is 5.26 Å². The van der Waals surface area contributed by atoms with Crippen LogP contribution in [0.5, 0.6) is 0 Å². The lowest BCUT2D eigenvalue weighted by molar-refractivity contribution is -0.143. The zero-order valence-electron chi connectivity index (χ0n) is 10.5. The largest absolute Gasteiger partial charge is 0.479 e. The van der Waals surface area contributed by atoms with E-state index >= 15 is 0 Å². The highest BCUT2D eigenvalue weighted by Crippen LogP contribution is 2.28. The Bertz CT molecular complexity index is 576. The number of anilines is 1. The topological polar surface area (TPSA) is 102 Å². The Balaban J connectivity index is 2.05. The lowest BCUT2D eigenvalue weighted by Crippen LogP contribution is -2.55. The van der Waals surface area contributed by atoms with Gasteiger partial charge >= 0.3 is 12.0 Å². The number of nitrogens with one attached hydrogen (secondary N) is 2. The molecule has 1 aromatic rings. The number of amides is 2. The summed E-state index contributed by atoms with van der Waals surface area (Å²) in [5.41, 5.74) is -0.332. The molecule has 2 rings (SSSR count). The summed E-state index contributed by atoms with van der Waals surface area (Å²) in [7, 11) is 0. The lowest BCUT2D eigenvalue weighted by atomic mass is 10.00. The van der Waals surface area contributed by atoms with E-state index in [2.05, 4.69) is 10.6 Å². The predicted octanol–water partition coefficient (Wildman–Crippen LogP) is 1.64. The second-order valence-electron chi connectivity index (χ2n) is 4.46. The standard InChI is InChI=1S/C13H13N3O3S/c14-7-9-2-1-3-10(6-9)15-12(19)16-13(11(17)18)4-5-20-8-13/h1-3,6H,4-5,8H2,(H,17,18)(H2,15,16,19). The summed E-state index contributed by atoms with van der Waals surface area (Å²) >= 11 is 1.50. The average molecular weight is 291 g/mol. The lowest BCUT2D eigenvalue weighted by Gasteiger charge is -2.24. The molecule has 7 heteroatoms. The van der Waals surface area contributed by atoms with Crippen LogP contribution < -0.4 is 10.6 Å². The first-order valence-corrected chi connectivity index (χ1v) is 7.12. The van der Waals surface area contributed by atoms with Gasteiger partial charge in [-0.3, -0.25) is 0 Å². The van der Waals surface area contributed by atoms with Gasteiger partial charge in [-0.15, -0.1) is 0 Å². The maximum absolute atomic E-state index is 11.9. The number of thioether (sulfide) groups is 1. The third-order valence-corrected chi connectivity index (χ3v) is 4.22. The Morgan fingerprint density at radius 1 is 1.45 bits per heavy atom. The quantitative estimate of drug-likeness (QED) is 0.785. The van der Waals surface area contributed by atoms with Crippen molar-refractivity contribution in [2.24, 2.45) is 0 Å². The molecule has 104 valence electrons. The molecule has 1 atom stereocenters. The molecule has 0 spiro atoms. The summed E-state index contributed by atoms with van der Waals surface area (Å²) in [5, 5.41) is 23.1. The Labute approximate surface area is 120 Å². The number of nitriles is 1. The zero-order chi connectivity index (χ0) is 14.6. The number of aliphatic carboxylic acids is 1. The van der Waals surface area contributed by atoms with Crippen molar-refractivity contribution in [1.82, 2.24) is 5.32 Å². The number of hydrogen-bond acceptors (Lipinski definition) is 4. The molecule has 0 aliphatic carbocycles. The first-order chi connectivity index (χ1) is 9.55. The average Bonchev–Trinajstić information content (AvgIpc) is 2.88. The summed E-state index contributed by atoms with van der Waals surface area (Å²) < 4.78 is 0. The van der Waals surface area contributed by atoms with Crippen LogP contribution in [0.2, 0.25) is 0 Å². The molecule has 0 aromatic heterocycles. The second-order valence-corrected chi connectivity index (χ2v) is 5.57. The van der Waals surface area contributed by atoms with E-state index in [-0.39, 0.29) is 0 Å². The first kappa shape index (κ1) is 14.2. The van der Waals surface area contributed by atoms with Crippen molar-refractivity contribution in [2.45, 2.75) is 12.0 Å². The highest BCUT2D eigenvalue weighted by atomic mass is 32.2. The number of carboxylic acid groups (broad SMARTS) is 1. The number of nitrogens with zero attached hydrogens (tertiary/aromatic N) is 1. The molecular weight excluding hydrogens is 278 g/mol. The minimum atomic E-state index is -1.21. The smallest absolute Gasteiger partial charge is 0.330 e. The molecule has 0 radical (unpaired) electrons. The van der Waals surface area contributed by atoms with Crippen molar-refractivity contribution < 1.29 is 14.7 Å². The molecule has 1 aromatic carbocycles. The molecule has 0 saturated carbocycles. The van der Waals surface area contributed by atoms with E-state index in [0.717, 1.165) is 0 Å². The van der Waals surface area contributed by atoms with Gasteiger partial charge in [-0.05, 0) is 30.4 Å². The van der Waals surface area contributed by atoms with Gasteiger partial charge in [-0.25, -0.2) is 9.59 Å². The third-order valence-electron chi connectivity index (χ3n) is 3.03. The molecule has 1 fully saturated rings. The fourth-order valence-corrected chi connectivity index (χ4v) is 3.26. The molecule has 1 aliphatic heterocycles. The molecule has 6 nitrogen and oxygen atoms in total. The van der Waals surface area contributed by atoms with Crippen molar-refractivity contribution >= 4 is 29.4 Å². The summed E-state index contributed by atoms with van der Waals surface area (Å²) in [6.07, 6.45) is 0.401. The van der Waals surface area contributed by atoms with Gasteiger partial charge in [0.25, 0.3) is 0 Å². The van der Waals surface area contributed by atoms with Gasteiger partial charge in [0, 0.05) is 11.4 Å². The number of hydrogen-bond donors (Lipinski definition) is 3. The Morgan fingerprint density at radius 3 is 2.85 bits per heavy atom. The normalized spacial score (nSPS) is 20.9. The van der Waals surface area contributed by atoms with Gasteiger partial charge in [-0.1, -0.05) is 6.07 Å². The van der Waals surface area contributed by atoms with Crippen LogP contribution in [0.15, 0.2) is 24.3 Å². The summed E-state index contributed by atoms with van der Waals surface area (Å²) in [5.74, 6) is 0.0354. The number of carbonyl (C=O) groups is 2. The van der Waals surface area contributed by atoms with Crippen LogP contribution in [0.4, 0.5) is 10.5 Å². The van der Waals surface area contributed by atoms with Crippen molar-refractivity contribution in [3.8, 4) is 6.07 Å². The molecule has 20 heavy (non-hydrogen) atoms. The molecule has 1 aliphatic rings. The molecule has 1 heterocycles. The van der Waals surface area contributed by atoms with Crippen molar-refractivity contribution in [3.05, 3.63) is 29.8 Å². The summed E-state index contributed by atoms with van der Waals surface area (Å²) in [6.45, 7) is 0. The maximum Gasteiger partial charge on any atom is 0.330 e. The molecule has 3 N–H and O–H groups in total. The van der Waals surface area contributed by atoms with Gasteiger partial charge in [0.15, 0.2) is 0 Å². The predicted molar refractivity (Wildman–Crippen MR) is 75.6 cm³/mol. The molecule has 2 amide bonds. The number of carboxylic acids is 1. The summed E-state index contributed by atoms with van der Waals surface area (Å²) in [6, 6.07) is 7.82. The second kappa shape index (κ2) is 5.84. The van der Waals surface area contributed by atoms with Gasteiger partial charge < -0.3 is 15.7 Å². The van der Waals surface area contributed by atoms with E-state index in [4.69, 9.17) is 5.26 Å². The zero-order valence-corrected chi connectivity index (χ0v) is 11.4. The van der Waals surface area contributed by atoms with E-state index in [1.165, 1.54) is 17.8 Å². The van der Waals surface area contributed by atoms with Crippen LogP contribution in [0.25, 0.3) is 0 Å². The van der Waals surface area contributed by atoms with Crippen LogP contribution in [0.1, 0.15) is 12.0 Å². The van der Waals surface area contributed by atoms with Crippen LogP contribution >= 0.6 is 11.8 Å². The number of benzene rings is 1. The summed E-state index contributed by atoms with van der Waals surface area (Å²) in [4.78, 5) is 23.2. The fraction of sp³-hybridized carbons (Fsp3) is 0.308. The maximum atomic E-state index is 11.9. The van der Waals surface area contributed by atoms with Gasteiger partial charge in [-0.2, -0.15) is 17.0 Å². The van der Waals surface area contributed by atoms with E-state index in [1.54, 1.807) is 18.2 Å². The molecule has 1 saturated heterocycles. The van der Waals surface area contributed by atoms with Crippen molar-refractivity contribution in [2.75, 3.05) is 16.8 Å². The Kier molecular flexibility index (Phi) is 4.15. The monoisotopic (exact) mass is 291 g/mol. The van der Waals surface area contributed by atoms with Crippen LogP contribution in [-0.4, -0.2) is 34.2 Å². The van der Waals surface area contributed by atoms with Gasteiger partial charge in [0.05, 0.1) is 11.6 Å². The van der Waals surface area contributed by atoms with E-state index in [0.29, 0.717) is 29.2 Å². The first-order valence-electron chi connectivity index (χ1n) is 5.96. The highest BCUT2D eigenvalue weighted by Gasteiger charge is 2.43. The number of rotatable bonds is 3. The molecular formula is C13H13N3O3S. The van der Waals surface area contributed by atoms with Crippen LogP contribution in [-0.2, 0) is 4.79 Å². The van der Waals surface area contributed by atoms with E-state index in [9.17, 15) is 14.7 Å². The van der Waals surface area contributed by atoms with Gasteiger partial charge in [0.2, 0.25) is 0 Å². The van der Waals surface area contributed by atoms with E-state index < -0.39 is 17.5 Å². The fourth-order valence-electron chi connectivity index (χ4n) is 1.93. The van der Waals surface area contributed by atoms with Gasteiger partial charge in [0.1, 0.15) is 5.54 Å². The molecule has 0 bridgehead atoms.